The van der Waals surface area contributed by atoms with E-state index in [9.17, 15) is 9.90 Å². The molecule has 3 fully saturated rings. The Morgan fingerprint density at radius 2 is 1.85 bits per heavy atom. The molecule has 0 bridgehead atoms. The molecule has 0 aromatic heterocycles. The van der Waals surface area contributed by atoms with E-state index in [2.05, 4.69) is 47.6 Å². The van der Waals surface area contributed by atoms with Crippen molar-refractivity contribution in [2.75, 3.05) is 0 Å². The van der Waals surface area contributed by atoms with Crippen molar-refractivity contribution >= 4 is 6.16 Å². The number of hydrogen-bond acceptors (Lipinski definition) is 2. The summed E-state index contributed by atoms with van der Waals surface area (Å²) in [4.78, 5) is 11.4. The second-order valence-electron chi connectivity index (χ2n) is 13.4. The Morgan fingerprint density at radius 1 is 1.09 bits per heavy atom. The van der Waals surface area contributed by atoms with Crippen LogP contribution in [-0.4, -0.2) is 16.9 Å². The fourth-order valence-electron chi connectivity index (χ4n) is 9.37. The molecule has 188 valence electrons. The zero-order valence-corrected chi connectivity index (χ0v) is 22.3. The van der Waals surface area contributed by atoms with Crippen molar-refractivity contribution in [2.24, 2.45) is 46.3 Å². The highest BCUT2D eigenvalue weighted by molar-refractivity contribution is 5.57. The van der Waals surface area contributed by atoms with E-state index in [0.717, 1.165) is 61.2 Å². The summed E-state index contributed by atoms with van der Waals surface area (Å²) >= 11 is 0. The lowest BCUT2D eigenvalue weighted by atomic mass is 9.46. The smallest absolute Gasteiger partial charge is 0.450 e. The van der Waals surface area contributed by atoms with E-state index in [1.54, 1.807) is 0 Å². The van der Waals surface area contributed by atoms with Gasteiger partial charge in [-0.2, -0.15) is 0 Å². The minimum atomic E-state index is -1.11. The van der Waals surface area contributed by atoms with Crippen molar-refractivity contribution in [1.82, 2.24) is 0 Å². The summed E-state index contributed by atoms with van der Waals surface area (Å²) in [6, 6.07) is 0. The minimum absolute atomic E-state index is 0.242. The van der Waals surface area contributed by atoms with Crippen molar-refractivity contribution in [3.63, 3.8) is 0 Å². The molecule has 4 rings (SSSR count). The van der Waals surface area contributed by atoms with Crippen LogP contribution in [0.15, 0.2) is 11.6 Å². The molecule has 0 aromatic rings. The summed E-state index contributed by atoms with van der Waals surface area (Å²) in [5, 5.41) is 9.35. The fraction of sp³-hybridized carbons (Fsp3) is 0.900. The Morgan fingerprint density at radius 3 is 2.52 bits per heavy atom. The van der Waals surface area contributed by atoms with Gasteiger partial charge in [0.25, 0.3) is 0 Å². The van der Waals surface area contributed by atoms with E-state index < -0.39 is 11.8 Å². The number of ether oxygens (including phenoxy) is 1. The average molecular weight is 459 g/mol. The lowest BCUT2D eigenvalue weighted by molar-refractivity contribution is -0.0857. The van der Waals surface area contributed by atoms with Gasteiger partial charge in [-0.05, 0) is 97.7 Å². The van der Waals surface area contributed by atoms with Crippen molar-refractivity contribution in [3.05, 3.63) is 11.6 Å². The molecule has 3 heteroatoms. The topological polar surface area (TPSA) is 46.5 Å². The molecule has 0 aromatic carbocycles. The second-order valence-corrected chi connectivity index (χ2v) is 13.4. The maximum atomic E-state index is 11.4. The van der Waals surface area contributed by atoms with Gasteiger partial charge in [0.2, 0.25) is 0 Å². The minimum Gasteiger partial charge on any atom is -0.450 e. The van der Waals surface area contributed by atoms with Crippen LogP contribution in [0.25, 0.3) is 0 Å². The zero-order valence-electron chi connectivity index (χ0n) is 22.3. The van der Waals surface area contributed by atoms with Gasteiger partial charge in [0.05, 0.1) is 0 Å². The summed E-state index contributed by atoms with van der Waals surface area (Å²) in [6.07, 6.45) is 16.0. The maximum absolute atomic E-state index is 11.4. The van der Waals surface area contributed by atoms with Crippen LogP contribution in [0.5, 0.6) is 0 Å². The van der Waals surface area contributed by atoms with E-state index in [0.29, 0.717) is 5.41 Å². The Hall–Kier alpha value is -0.990. The average Bonchev–Trinajstić information content (AvgIpc) is 3.10. The van der Waals surface area contributed by atoms with Gasteiger partial charge in [-0.25, -0.2) is 4.79 Å². The number of carbonyl (C=O) groups is 1. The predicted octanol–water partition coefficient (Wildman–Crippen LogP) is 8.87. The van der Waals surface area contributed by atoms with Gasteiger partial charge in [0, 0.05) is 6.42 Å². The number of carboxylic acid groups (broad SMARTS) is 1. The van der Waals surface area contributed by atoms with E-state index >= 15 is 0 Å². The first kappa shape index (κ1) is 25.1. The normalized spacial score (nSPS) is 43.3. The van der Waals surface area contributed by atoms with Crippen LogP contribution in [0.3, 0.4) is 0 Å². The first-order valence-corrected chi connectivity index (χ1v) is 14.2. The van der Waals surface area contributed by atoms with Crippen LogP contribution >= 0.6 is 0 Å². The molecule has 4 aliphatic carbocycles. The number of allylic oxidation sites excluding steroid dienone is 1. The summed E-state index contributed by atoms with van der Waals surface area (Å²) in [7, 11) is 0. The van der Waals surface area contributed by atoms with Crippen LogP contribution in [0.2, 0.25) is 0 Å². The molecule has 8 atom stereocenters. The predicted molar refractivity (Wildman–Crippen MR) is 135 cm³/mol. The lowest BCUT2D eigenvalue weighted by Crippen LogP contribution is -2.53. The van der Waals surface area contributed by atoms with Crippen molar-refractivity contribution in [2.45, 2.75) is 124 Å². The SMILES string of the molecule is CCC1(OC(=O)O)CC[C@@]2(C)C(=CCC3C2CC[C@@]2(C)C3CC[C@@H]2[C@H](C)CCCC(C)C)C1. The number of rotatable bonds is 7. The number of fused-ring (bicyclic) bond motifs is 5. The lowest BCUT2D eigenvalue weighted by Gasteiger charge is -2.59. The molecule has 0 radical (unpaired) electrons. The van der Waals surface area contributed by atoms with Crippen LogP contribution in [0.1, 0.15) is 119 Å². The molecule has 0 aliphatic heterocycles. The van der Waals surface area contributed by atoms with Gasteiger partial charge in [-0.1, -0.05) is 72.5 Å². The van der Waals surface area contributed by atoms with Crippen molar-refractivity contribution in [3.8, 4) is 0 Å². The molecule has 3 saturated carbocycles. The molecule has 0 saturated heterocycles. The third-order valence-corrected chi connectivity index (χ3v) is 11.4. The zero-order chi connectivity index (χ0) is 24.0. The van der Waals surface area contributed by atoms with Crippen LogP contribution in [0, 0.1) is 46.3 Å². The molecule has 3 nitrogen and oxygen atoms in total. The highest BCUT2D eigenvalue weighted by Crippen LogP contribution is 2.68. The fourth-order valence-corrected chi connectivity index (χ4v) is 9.37. The Bertz CT molecular complexity index is 756. The quantitative estimate of drug-likeness (QED) is 0.306. The Labute approximate surface area is 203 Å². The Kier molecular flexibility index (Phi) is 7.02. The van der Waals surface area contributed by atoms with E-state index in [4.69, 9.17) is 4.74 Å². The standard InChI is InChI=1S/C30H50O3/c1-7-30(33-27(31)32)18-17-28(5)22(19-30)11-12-23-25-14-13-24(21(4)10-8-9-20(2)3)29(25,6)16-15-26(23)28/h11,20-21,23-26H,7-10,12-19H2,1-6H3,(H,31,32)/t21-,23?,24-,25?,26?,28+,29-,30?/m1/s1. The Balaban J connectivity index is 1.50. The number of hydrogen-bond donors (Lipinski definition) is 1. The van der Waals surface area contributed by atoms with Crippen molar-refractivity contribution in [1.29, 1.82) is 0 Å². The van der Waals surface area contributed by atoms with Crippen LogP contribution in [0.4, 0.5) is 4.79 Å². The summed E-state index contributed by atoms with van der Waals surface area (Å²) in [5.74, 6) is 5.04. The highest BCUT2D eigenvalue weighted by Gasteiger charge is 2.60. The molecule has 4 unspecified atom stereocenters. The largest absolute Gasteiger partial charge is 0.506 e. The monoisotopic (exact) mass is 458 g/mol. The first-order chi connectivity index (χ1) is 15.5. The third-order valence-electron chi connectivity index (χ3n) is 11.4. The molecule has 4 aliphatic rings. The van der Waals surface area contributed by atoms with Gasteiger partial charge in [-0.3, -0.25) is 0 Å². The molecule has 0 amide bonds. The third kappa shape index (κ3) is 4.40. The summed E-state index contributed by atoms with van der Waals surface area (Å²) < 4.78 is 5.51. The molecular formula is C30H50O3. The van der Waals surface area contributed by atoms with Crippen molar-refractivity contribution < 1.29 is 14.6 Å². The maximum Gasteiger partial charge on any atom is 0.506 e. The van der Waals surface area contributed by atoms with Gasteiger partial charge in [0.15, 0.2) is 0 Å². The first-order valence-electron chi connectivity index (χ1n) is 14.2. The molecular weight excluding hydrogens is 408 g/mol. The van der Waals surface area contributed by atoms with Gasteiger partial charge >= 0.3 is 6.16 Å². The molecule has 0 spiro atoms. The van der Waals surface area contributed by atoms with Gasteiger partial charge < -0.3 is 9.84 Å². The second kappa shape index (κ2) is 9.23. The van der Waals surface area contributed by atoms with E-state index in [1.807, 2.05) is 0 Å². The van der Waals surface area contributed by atoms with Crippen LogP contribution < -0.4 is 0 Å². The van der Waals surface area contributed by atoms with Gasteiger partial charge in [-0.15, -0.1) is 0 Å². The van der Waals surface area contributed by atoms with E-state index in [-0.39, 0.29) is 5.41 Å². The summed E-state index contributed by atoms with van der Waals surface area (Å²) in [6.45, 7) is 14.5. The highest BCUT2D eigenvalue weighted by atomic mass is 16.7. The van der Waals surface area contributed by atoms with E-state index in [1.165, 1.54) is 56.9 Å². The molecule has 0 heterocycles. The molecule has 1 N–H and O–H groups in total. The van der Waals surface area contributed by atoms with Gasteiger partial charge in [0.1, 0.15) is 5.60 Å². The summed E-state index contributed by atoms with van der Waals surface area (Å²) in [5.41, 5.74) is 1.77. The molecule has 33 heavy (non-hydrogen) atoms. The van der Waals surface area contributed by atoms with Crippen LogP contribution in [-0.2, 0) is 4.74 Å².